The number of hydrogen-bond acceptors (Lipinski definition) is 2. The number of rotatable bonds is 8. The van der Waals surface area contributed by atoms with Crippen molar-refractivity contribution < 1.29 is 0 Å². The number of H-pyrrole nitrogens is 2. The summed E-state index contributed by atoms with van der Waals surface area (Å²) in [4.78, 5) is 18.2. The Labute approximate surface area is 240 Å². The Kier molecular flexibility index (Phi) is 8.16. The normalized spacial score (nSPS) is 13.6. The lowest BCUT2D eigenvalue weighted by Gasteiger charge is -2.02. The van der Waals surface area contributed by atoms with Gasteiger partial charge in [0.2, 0.25) is 0 Å². The first-order valence-corrected chi connectivity index (χ1v) is 15.5. The van der Waals surface area contributed by atoms with Gasteiger partial charge < -0.3 is 9.97 Å². The molecular weight excluding hydrogens is 488 g/mol. The highest BCUT2D eigenvalue weighted by molar-refractivity contribution is 5.98. The molecule has 2 aliphatic heterocycles. The average molecular weight is 535 g/mol. The van der Waals surface area contributed by atoms with Gasteiger partial charge in [0.15, 0.2) is 0 Å². The summed E-state index contributed by atoms with van der Waals surface area (Å²) in [7, 11) is 0. The maximum absolute atomic E-state index is 5.29. The summed E-state index contributed by atoms with van der Waals surface area (Å²) in [5, 5.41) is 0. The van der Waals surface area contributed by atoms with Crippen LogP contribution >= 0.6 is 0 Å². The van der Waals surface area contributed by atoms with E-state index in [9.17, 15) is 0 Å². The van der Waals surface area contributed by atoms with Crippen molar-refractivity contribution in [3.63, 3.8) is 0 Å². The summed E-state index contributed by atoms with van der Waals surface area (Å²) in [6, 6.07) is 9.01. The molecule has 0 aliphatic carbocycles. The molecule has 0 amide bonds. The fourth-order valence-electron chi connectivity index (χ4n) is 6.65. The topological polar surface area (TPSA) is 57.4 Å². The third-order valence-electron chi connectivity index (χ3n) is 8.81. The lowest BCUT2D eigenvalue weighted by atomic mass is 9.99. The Hall–Kier alpha value is -3.40. The molecule has 4 nitrogen and oxygen atoms in total. The van der Waals surface area contributed by atoms with Gasteiger partial charge in [0.05, 0.1) is 33.8 Å². The Balaban J connectivity index is 1.96. The van der Waals surface area contributed by atoms with Gasteiger partial charge in [-0.3, -0.25) is 0 Å². The molecule has 0 fully saturated rings. The van der Waals surface area contributed by atoms with Gasteiger partial charge in [0.1, 0.15) is 0 Å². The number of fused-ring (bicyclic) bond motifs is 10. The quantitative estimate of drug-likeness (QED) is 0.302. The maximum atomic E-state index is 5.29. The molecule has 3 aromatic rings. The van der Waals surface area contributed by atoms with E-state index in [1.807, 2.05) is 0 Å². The zero-order valence-corrected chi connectivity index (χ0v) is 25.9. The number of aromatic amines is 2. The van der Waals surface area contributed by atoms with E-state index in [1.165, 1.54) is 55.6 Å². The Morgan fingerprint density at radius 3 is 1.25 bits per heavy atom. The fourth-order valence-corrected chi connectivity index (χ4v) is 6.65. The molecule has 0 spiro atoms. The van der Waals surface area contributed by atoms with Crippen LogP contribution in [0, 0.1) is 13.8 Å². The van der Waals surface area contributed by atoms with Crippen LogP contribution in [0.5, 0.6) is 0 Å². The van der Waals surface area contributed by atoms with Gasteiger partial charge in [-0.2, -0.15) is 0 Å². The summed E-state index contributed by atoms with van der Waals surface area (Å²) < 4.78 is 0. The van der Waals surface area contributed by atoms with Crippen LogP contribution in [0.4, 0.5) is 0 Å². The smallest absolute Gasteiger partial charge is 0.0907 e. The highest BCUT2D eigenvalue weighted by atomic mass is 14.8. The first-order chi connectivity index (χ1) is 19.3. The van der Waals surface area contributed by atoms with E-state index in [1.54, 1.807) is 0 Å². The van der Waals surface area contributed by atoms with Crippen molar-refractivity contribution in [1.82, 2.24) is 19.9 Å². The number of hydrogen-bond donors (Lipinski definition) is 2. The molecule has 0 aromatic carbocycles. The standard InChI is InChI=1S/C36H46N4/c1-9-13-25-21(5)33-34-22(6)26(14-10-2)31(38-34)19-20-32-28(16-12-4)24(8)36(40-32)35-23(7)27(15-11-3)30(39-35)18-17-29(25)37-33/h17-20,37,40H,9-16H2,1-8H3. The molecule has 40 heavy (non-hydrogen) atoms. The second-order valence-electron chi connectivity index (χ2n) is 11.6. The second-order valence-corrected chi connectivity index (χ2v) is 11.6. The summed E-state index contributed by atoms with van der Waals surface area (Å²) in [5.74, 6) is 0. The van der Waals surface area contributed by atoms with Crippen LogP contribution in [0.25, 0.3) is 44.4 Å². The van der Waals surface area contributed by atoms with Crippen LogP contribution in [-0.4, -0.2) is 19.9 Å². The maximum Gasteiger partial charge on any atom is 0.0907 e. The van der Waals surface area contributed by atoms with Gasteiger partial charge in [-0.1, -0.05) is 53.4 Å². The minimum absolute atomic E-state index is 1.03. The SMILES string of the molecule is CCCC1=C(C)c2nc1ccc1[nH]c(c3nc(ccc4[nH]c2c(C)c4CCC)C(CCC)=C3C)c(C)c1CCC. The largest absolute Gasteiger partial charge is 0.353 e. The third kappa shape index (κ3) is 4.76. The summed E-state index contributed by atoms with van der Waals surface area (Å²) in [5.41, 5.74) is 19.8. The average Bonchev–Trinajstić information content (AvgIpc) is 3.62. The van der Waals surface area contributed by atoms with Crippen molar-refractivity contribution >= 4 is 44.4 Å². The van der Waals surface area contributed by atoms with Gasteiger partial charge in [-0.25, -0.2) is 9.97 Å². The van der Waals surface area contributed by atoms with E-state index >= 15 is 0 Å². The predicted molar refractivity (Wildman–Crippen MR) is 173 cm³/mol. The molecule has 0 saturated carbocycles. The molecule has 5 heterocycles. The van der Waals surface area contributed by atoms with E-state index in [0.717, 1.165) is 85.2 Å². The van der Waals surface area contributed by atoms with Crippen molar-refractivity contribution in [2.24, 2.45) is 0 Å². The molecule has 0 unspecified atom stereocenters. The number of nitrogens with one attached hydrogen (secondary N) is 2. The number of aromatic nitrogens is 4. The van der Waals surface area contributed by atoms with E-state index in [-0.39, 0.29) is 0 Å². The van der Waals surface area contributed by atoms with Crippen molar-refractivity contribution in [2.75, 3.05) is 0 Å². The first kappa shape index (κ1) is 28.1. The number of nitrogens with zero attached hydrogens (tertiary/aromatic N) is 2. The monoisotopic (exact) mass is 534 g/mol. The molecule has 8 bridgehead atoms. The van der Waals surface area contributed by atoms with E-state index in [4.69, 9.17) is 9.97 Å². The molecule has 0 saturated heterocycles. The molecule has 4 heteroatoms. The third-order valence-corrected chi connectivity index (χ3v) is 8.81. The zero-order valence-electron chi connectivity index (χ0n) is 25.9. The van der Waals surface area contributed by atoms with Gasteiger partial charge in [-0.05, 0) is 122 Å². The zero-order chi connectivity index (χ0) is 28.6. The van der Waals surface area contributed by atoms with Gasteiger partial charge in [-0.15, -0.1) is 0 Å². The Morgan fingerprint density at radius 2 is 0.900 bits per heavy atom. The Bertz CT molecular complexity index is 1550. The van der Waals surface area contributed by atoms with Crippen molar-refractivity contribution in [2.45, 2.75) is 107 Å². The van der Waals surface area contributed by atoms with Gasteiger partial charge in [0.25, 0.3) is 0 Å². The van der Waals surface area contributed by atoms with Crippen LogP contribution in [-0.2, 0) is 12.8 Å². The molecule has 3 aromatic heterocycles. The number of aryl methyl sites for hydroxylation is 4. The van der Waals surface area contributed by atoms with Gasteiger partial charge >= 0.3 is 0 Å². The van der Waals surface area contributed by atoms with Gasteiger partial charge in [0, 0.05) is 11.0 Å². The van der Waals surface area contributed by atoms with Crippen LogP contribution in [0.2, 0.25) is 0 Å². The highest BCUT2D eigenvalue weighted by Gasteiger charge is 2.22. The van der Waals surface area contributed by atoms with E-state index in [2.05, 4.69) is 89.6 Å². The first-order valence-electron chi connectivity index (χ1n) is 15.5. The molecule has 5 rings (SSSR count). The highest BCUT2D eigenvalue weighted by Crippen LogP contribution is 2.38. The van der Waals surface area contributed by atoms with Crippen LogP contribution in [0.1, 0.15) is 125 Å². The van der Waals surface area contributed by atoms with Crippen molar-refractivity contribution in [3.05, 3.63) is 69.3 Å². The van der Waals surface area contributed by atoms with Crippen molar-refractivity contribution in [3.8, 4) is 0 Å². The molecular formula is C36H46N4. The number of allylic oxidation sites excluding steroid dienone is 4. The van der Waals surface area contributed by atoms with E-state index in [0.29, 0.717) is 0 Å². The molecule has 210 valence electrons. The Morgan fingerprint density at radius 1 is 0.525 bits per heavy atom. The molecule has 0 radical (unpaired) electrons. The predicted octanol–water partition coefficient (Wildman–Crippen LogP) is 10.3. The second kappa shape index (κ2) is 11.6. The molecule has 0 atom stereocenters. The molecule has 2 N–H and O–H groups in total. The van der Waals surface area contributed by atoms with Crippen LogP contribution in [0.15, 0.2) is 24.3 Å². The summed E-state index contributed by atoms with van der Waals surface area (Å²) in [6.45, 7) is 18.1. The minimum Gasteiger partial charge on any atom is -0.353 e. The lowest BCUT2D eigenvalue weighted by molar-refractivity contribution is 0.924. The minimum atomic E-state index is 1.03. The summed E-state index contributed by atoms with van der Waals surface area (Å²) in [6.07, 6.45) is 8.56. The molecule has 2 aliphatic rings. The lowest BCUT2D eigenvalue weighted by Crippen LogP contribution is -1.86. The van der Waals surface area contributed by atoms with Crippen molar-refractivity contribution in [1.29, 1.82) is 0 Å². The van der Waals surface area contributed by atoms with Crippen LogP contribution < -0.4 is 0 Å². The van der Waals surface area contributed by atoms with Crippen LogP contribution in [0.3, 0.4) is 0 Å². The summed E-state index contributed by atoms with van der Waals surface area (Å²) >= 11 is 0. The van der Waals surface area contributed by atoms with E-state index < -0.39 is 0 Å². The fraction of sp³-hybridized carbons (Fsp3) is 0.444.